The van der Waals surface area contributed by atoms with Gasteiger partial charge < -0.3 is 15.5 Å². The Morgan fingerprint density at radius 2 is 1.95 bits per heavy atom. The lowest BCUT2D eigenvalue weighted by Gasteiger charge is -2.12. The summed E-state index contributed by atoms with van der Waals surface area (Å²) in [6, 6.07) is 10.4. The molecular weight excluding hydrogens is 288 g/mol. The van der Waals surface area contributed by atoms with Gasteiger partial charge in [-0.25, -0.2) is 4.79 Å². The van der Waals surface area contributed by atoms with Crippen LogP contribution in [0.5, 0.6) is 0 Å². The molecule has 0 bridgehead atoms. The van der Waals surface area contributed by atoms with Crippen LogP contribution in [0.15, 0.2) is 42.5 Å². The molecule has 0 heterocycles. The van der Waals surface area contributed by atoms with E-state index >= 15 is 0 Å². The molecule has 0 aliphatic carbocycles. The molecule has 1 unspecified atom stereocenters. The van der Waals surface area contributed by atoms with Crippen LogP contribution < -0.4 is 5.32 Å². The van der Waals surface area contributed by atoms with Crippen LogP contribution >= 0.6 is 0 Å². The van der Waals surface area contributed by atoms with Crippen molar-refractivity contribution in [2.45, 2.75) is 13.0 Å². The van der Waals surface area contributed by atoms with Crippen molar-refractivity contribution >= 4 is 23.0 Å². The summed E-state index contributed by atoms with van der Waals surface area (Å²) >= 11 is 0. The van der Waals surface area contributed by atoms with Crippen LogP contribution in [0.1, 0.15) is 28.9 Å². The fourth-order valence-corrected chi connectivity index (χ4v) is 2.02. The number of nitrogens with one attached hydrogen (secondary N) is 1. The summed E-state index contributed by atoms with van der Waals surface area (Å²) in [5.41, 5.74) is 0.442. The van der Waals surface area contributed by atoms with Crippen molar-refractivity contribution in [2.75, 3.05) is 5.32 Å². The number of para-hydroxylation sites is 1. The average molecular weight is 302 g/mol. The Morgan fingerprint density at radius 1 is 1.27 bits per heavy atom. The number of rotatable bonds is 5. The van der Waals surface area contributed by atoms with Crippen LogP contribution in [0.25, 0.3) is 0 Å². The van der Waals surface area contributed by atoms with E-state index in [-0.39, 0.29) is 16.9 Å². The number of carbonyl (C=O) groups is 1. The van der Waals surface area contributed by atoms with Crippen LogP contribution in [0, 0.1) is 10.1 Å². The quantitative estimate of drug-likeness (QED) is 0.578. The smallest absolute Gasteiger partial charge is 0.338 e. The first-order valence-electron chi connectivity index (χ1n) is 6.46. The number of nitro groups is 1. The van der Waals surface area contributed by atoms with E-state index in [1.54, 1.807) is 31.2 Å². The van der Waals surface area contributed by atoms with E-state index in [1.165, 1.54) is 18.2 Å². The Balaban J connectivity index is 2.50. The second kappa shape index (κ2) is 6.23. The molecular formula is C15H14N2O5. The number of anilines is 2. The molecule has 1 atom stereocenters. The third kappa shape index (κ3) is 3.21. The van der Waals surface area contributed by atoms with E-state index < -0.39 is 17.0 Å². The van der Waals surface area contributed by atoms with Gasteiger partial charge in [0.15, 0.2) is 0 Å². The lowest BCUT2D eigenvalue weighted by atomic mass is 10.1. The topological polar surface area (TPSA) is 113 Å². The first-order chi connectivity index (χ1) is 10.4. The Hall–Kier alpha value is -2.93. The van der Waals surface area contributed by atoms with E-state index in [2.05, 4.69) is 5.32 Å². The van der Waals surface area contributed by atoms with Crippen LogP contribution in [0.2, 0.25) is 0 Å². The Kier molecular flexibility index (Phi) is 4.38. The molecule has 0 aromatic heterocycles. The summed E-state index contributed by atoms with van der Waals surface area (Å²) in [4.78, 5) is 21.7. The Bertz CT molecular complexity index is 695. The molecule has 0 saturated heterocycles. The molecule has 22 heavy (non-hydrogen) atoms. The maximum atomic E-state index is 11.3. The van der Waals surface area contributed by atoms with Gasteiger partial charge in [0.05, 0.1) is 16.6 Å². The fraction of sp³-hybridized carbons (Fsp3) is 0.133. The highest BCUT2D eigenvalue weighted by Crippen LogP contribution is 2.32. The second-order valence-electron chi connectivity index (χ2n) is 4.69. The summed E-state index contributed by atoms with van der Waals surface area (Å²) in [7, 11) is 0. The van der Waals surface area contributed by atoms with Crippen molar-refractivity contribution in [2.24, 2.45) is 0 Å². The Labute approximate surface area is 126 Å². The molecule has 0 saturated carbocycles. The summed E-state index contributed by atoms with van der Waals surface area (Å²) in [5.74, 6) is -1.27. The summed E-state index contributed by atoms with van der Waals surface area (Å²) in [5, 5.41) is 32.6. The fourth-order valence-electron chi connectivity index (χ4n) is 2.02. The van der Waals surface area contributed by atoms with Gasteiger partial charge in [-0.2, -0.15) is 0 Å². The number of hydrogen-bond donors (Lipinski definition) is 3. The minimum Gasteiger partial charge on any atom is -0.478 e. The standard InChI is InChI=1S/C15H14N2O5/c1-9(18)10-4-2-5-11(8-10)16-14-12(15(19)20)6-3-7-13(14)17(21)22/h2-9,16,18H,1H3,(H,19,20). The van der Waals surface area contributed by atoms with Crippen LogP contribution in [0.3, 0.4) is 0 Å². The molecule has 3 N–H and O–H groups in total. The predicted octanol–water partition coefficient (Wildman–Crippen LogP) is 3.09. The normalized spacial score (nSPS) is 11.7. The molecule has 0 spiro atoms. The van der Waals surface area contributed by atoms with Gasteiger partial charge in [-0.3, -0.25) is 10.1 Å². The molecule has 2 aromatic rings. The number of hydrogen-bond acceptors (Lipinski definition) is 5. The van der Waals surface area contributed by atoms with Crippen LogP contribution in [0.4, 0.5) is 17.1 Å². The highest BCUT2D eigenvalue weighted by Gasteiger charge is 2.21. The number of nitrogens with zero attached hydrogens (tertiary/aromatic N) is 1. The SMILES string of the molecule is CC(O)c1cccc(Nc2c(C(=O)O)cccc2[N+](=O)[O-])c1. The highest BCUT2D eigenvalue weighted by atomic mass is 16.6. The lowest BCUT2D eigenvalue weighted by molar-refractivity contribution is -0.383. The van der Waals surface area contributed by atoms with E-state index in [0.717, 1.165) is 0 Å². The zero-order valence-corrected chi connectivity index (χ0v) is 11.7. The number of carboxylic acid groups (broad SMARTS) is 1. The van der Waals surface area contributed by atoms with Gasteiger partial charge in [-0.15, -0.1) is 0 Å². The molecule has 0 amide bonds. The van der Waals surface area contributed by atoms with Gasteiger partial charge in [0.25, 0.3) is 5.69 Å². The van der Waals surface area contributed by atoms with Crippen LogP contribution in [-0.4, -0.2) is 21.1 Å². The second-order valence-corrected chi connectivity index (χ2v) is 4.69. The number of nitro benzene ring substituents is 1. The third-order valence-electron chi connectivity index (χ3n) is 3.11. The minimum absolute atomic E-state index is 0.0947. The molecule has 0 fully saturated rings. The van der Waals surface area contributed by atoms with E-state index in [0.29, 0.717) is 11.3 Å². The molecule has 0 aliphatic heterocycles. The van der Waals surface area contributed by atoms with E-state index in [1.807, 2.05) is 0 Å². The predicted molar refractivity (Wildman–Crippen MR) is 80.4 cm³/mol. The van der Waals surface area contributed by atoms with Crippen molar-refractivity contribution in [3.05, 3.63) is 63.7 Å². The number of benzene rings is 2. The van der Waals surface area contributed by atoms with Crippen LogP contribution in [-0.2, 0) is 0 Å². The number of carboxylic acids is 1. The summed E-state index contributed by atoms with van der Waals surface area (Å²) in [6.07, 6.45) is -0.702. The molecule has 7 nitrogen and oxygen atoms in total. The molecule has 2 aromatic carbocycles. The molecule has 0 aliphatic rings. The first-order valence-corrected chi connectivity index (χ1v) is 6.46. The van der Waals surface area contributed by atoms with Gasteiger partial charge in [-0.05, 0) is 30.7 Å². The zero-order chi connectivity index (χ0) is 16.3. The van der Waals surface area contributed by atoms with Crippen molar-refractivity contribution in [3.8, 4) is 0 Å². The highest BCUT2D eigenvalue weighted by molar-refractivity contribution is 5.98. The zero-order valence-electron chi connectivity index (χ0n) is 11.7. The lowest BCUT2D eigenvalue weighted by Crippen LogP contribution is -2.06. The third-order valence-corrected chi connectivity index (χ3v) is 3.11. The monoisotopic (exact) mass is 302 g/mol. The van der Waals surface area contributed by atoms with E-state index in [9.17, 15) is 25.1 Å². The Morgan fingerprint density at radius 3 is 2.55 bits per heavy atom. The van der Waals surface area contributed by atoms with Gasteiger partial charge >= 0.3 is 5.97 Å². The van der Waals surface area contributed by atoms with Gasteiger partial charge in [0, 0.05) is 11.8 Å². The minimum atomic E-state index is -1.27. The maximum absolute atomic E-state index is 11.3. The van der Waals surface area contributed by atoms with Crippen molar-refractivity contribution < 1.29 is 19.9 Å². The maximum Gasteiger partial charge on any atom is 0.338 e. The molecule has 114 valence electrons. The number of aliphatic hydroxyl groups is 1. The van der Waals surface area contributed by atoms with Gasteiger partial charge in [0.1, 0.15) is 5.69 Å². The average Bonchev–Trinajstić information content (AvgIpc) is 2.47. The van der Waals surface area contributed by atoms with Crippen molar-refractivity contribution in [1.82, 2.24) is 0 Å². The summed E-state index contributed by atoms with van der Waals surface area (Å²) < 4.78 is 0. The van der Waals surface area contributed by atoms with Crippen molar-refractivity contribution in [3.63, 3.8) is 0 Å². The summed E-state index contributed by atoms with van der Waals surface area (Å²) in [6.45, 7) is 1.59. The van der Waals surface area contributed by atoms with Gasteiger partial charge in [-0.1, -0.05) is 18.2 Å². The molecule has 7 heteroatoms. The number of aliphatic hydroxyl groups excluding tert-OH is 1. The van der Waals surface area contributed by atoms with Gasteiger partial charge in [0.2, 0.25) is 0 Å². The first kappa shape index (κ1) is 15.5. The number of aromatic carboxylic acids is 1. The largest absolute Gasteiger partial charge is 0.478 e. The van der Waals surface area contributed by atoms with Crippen molar-refractivity contribution in [1.29, 1.82) is 0 Å². The van der Waals surface area contributed by atoms with E-state index in [4.69, 9.17) is 0 Å². The molecule has 2 rings (SSSR count). The molecule has 0 radical (unpaired) electrons.